The molecule has 1 unspecified atom stereocenters. The molecular formula is C18H40N2O5. The molecule has 0 aromatic heterocycles. The van der Waals surface area contributed by atoms with E-state index in [0.717, 1.165) is 12.8 Å². The summed E-state index contributed by atoms with van der Waals surface area (Å²) in [5.74, 6) is -0.657. The number of hydroxylamine groups is 3. The van der Waals surface area contributed by atoms with Crippen LogP contribution in [0.1, 0.15) is 97.3 Å². The third-order valence-electron chi connectivity index (χ3n) is 3.99. The van der Waals surface area contributed by atoms with E-state index in [-0.39, 0.29) is 6.54 Å². The van der Waals surface area contributed by atoms with Gasteiger partial charge in [-0.1, -0.05) is 83.0 Å². The summed E-state index contributed by atoms with van der Waals surface area (Å²) in [6, 6.07) is -0.447. The number of rotatable bonds is 15. The Bertz CT molecular complexity index is 296. The molecular weight excluding hydrogens is 324 g/mol. The molecule has 7 nitrogen and oxygen atoms in total. The van der Waals surface area contributed by atoms with Crippen molar-refractivity contribution >= 4 is 5.97 Å². The average Bonchev–Trinajstić information content (AvgIpc) is 2.51. The first kappa shape index (κ1) is 26.5. The van der Waals surface area contributed by atoms with Gasteiger partial charge >= 0.3 is 5.97 Å². The SMILES string of the molecule is CCC(N)C[N+]([O-])(O)O.CCCCCCCCCCCCCC(=O)O. The zero-order chi connectivity index (χ0) is 19.6. The third-order valence-corrected chi connectivity index (χ3v) is 3.99. The molecule has 25 heavy (non-hydrogen) atoms. The van der Waals surface area contributed by atoms with Crippen LogP contribution in [0.15, 0.2) is 0 Å². The molecule has 0 aromatic carbocycles. The second-order valence-electron chi connectivity index (χ2n) is 6.69. The largest absolute Gasteiger partial charge is 0.564 e. The van der Waals surface area contributed by atoms with E-state index in [1.807, 2.05) is 0 Å². The van der Waals surface area contributed by atoms with Crippen molar-refractivity contribution in [2.75, 3.05) is 6.54 Å². The van der Waals surface area contributed by atoms with Crippen molar-refractivity contribution in [3.63, 3.8) is 0 Å². The van der Waals surface area contributed by atoms with Crippen LogP contribution in [-0.4, -0.2) is 39.0 Å². The molecule has 0 aliphatic rings. The van der Waals surface area contributed by atoms with Crippen molar-refractivity contribution < 1.29 is 25.3 Å². The first-order chi connectivity index (χ1) is 11.7. The summed E-state index contributed by atoms with van der Waals surface area (Å²) in [4.78, 5) is 7.98. The minimum Gasteiger partial charge on any atom is -0.564 e. The lowest BCUT2D eigenvalue weighted by molar-refractivity contribution is -1.21. The minimum atomic E-state index is -2.28. The van der Waals surface area contributed by atoms with E-state index in [1.54, 1.807) is 6.92 Å². The first-order valence-corrected chi connectivity index (χ1v) is 9.74. The Morgan fingerprint density at radius 3 is 1.60 bits per heavy atom. The summed E-state index contributed by atoms with van der Waals surface area (Å²) in [5, 5.41) is 34.9. The molecule has 0 aliphatic heterocycles. The molecule has 0 radical (unpaired) electrons. The van der Waals surface area contributed by atoms with Gasteiger partial charge in [0.25, 0.3) is 0 Å². The van der Waals surface area contributed by atoms with Crippen molar-refractivity contribution in [3.05, 3.63) is 5.21 Å². The Balaban J connectivity index is 0. The predicted octanol–water partition coefficient (Wildman–Crippen LogP) is 4.59. The van der Waals surface area contributed by atoms with Crippen molar-refractivity contribution in [2.45, 2.75) is 103 Å². The zero-order valence-electron chi connectivity index (χ0n) is 16.2. The highest BCUT2D eigenvalue weighted by Gasteiger charge is 2.13. The Kier molecular flexibility index (Phi) is 19.2. The van der Waals surface area contributed by atoms with E-state index in [9.17, 15) is 10.0 Å². The summed E-state index contributed by atoms with van der Waals surface area (Å²) in [6.45, 7) is 3.63. The smallest absolute Gasteiger partial charge is 0.303 e. The van der Waals surface area contributed by atoms with E-state index < -0.39 is 17.0 Å². The number of aliphatic carboxylic acids is 1. The van der Waals surface area contributed by atoms with Crippen molar-refractivity contribution in [3.8, 4) is 0 Å². The zero-order valence-corrected chi connectivity index (χ0v) is 16.2. The molecule has 7 heteroatoms. The maximum atomic E-state index is 10.3. The Morgan fingerprint density at radius 2 is 1.32 bits per heavy atom. The van der Waals surface area contributed by atoms with Crippen LogP contribution >= 0.6 is 0 Å². The molecule has 0 aromatic rings. The number of carbonyl (C=O) groups is 1. The Morgan fingerprint density at radius 1 is 0.920 bits per heavy atom. The van der Waals surface area contributed by atoms with Gasteiger partial charge in [0, 0.05) is 6.42 Å². The Labute approximate surface area is 152 Å². The molecule has 5 N–H and O–H groups in total. The highest BCUT2D eigenvalue weighted by atomic mass is 17.1. The highest BCUT2D eigenvalue weighted by Crippen LogP contribution is 2.11. The molecule has 0 bridgehead atoms. The molecule has 0 aliphatic carbocycles. The van der Waals surface area contributed by atoms with Crippen LogP contribution in [0.3, 0.4) is 0 Å². The van der Waals surface area contributed by atoms with Crippen LogP contribution in [0.5, 0.6) is 0 Å². The number of unbranched alkanes of at least 4 members (excludes halogenated alkanes) is 10. The van der Waals surface area contributed by atoms with Gasteiger partial charge in [0.05, 0.1) is 6.04 Å². The summed E-state index contributed by atoms with van der Waals surface area (Å²) < 4.78 is 0. The van der Waals surface area contributed by atoms with E-state index in [1.165, 1.54) is 57.8 Å². The predicted molar refractivity (Wildman–Crippen MR) is 99.0 cm³/mol. The summed E-state index contributed by atoms with van der Waals surface area (Å²) in [5.41, 5.74) is 5.22. The van der Waals surface area contributed by atoms with Gasteiger partial charge in [0.2, 0.25) is 0 Å². The number of hydrogen-bond acceptors (Lipinski definition) is 5. The number of carboxylic acids is 1. The average molecular weight is 365 g/mol. The number of nitrogens with two attached hydrogens (primary N) is 1. The lowest BCUT2D eigenvalue weighted by Gasteiger charge is -2.25. The lowest BCUT2D eigenvalue weighted by Crippen LogP contribution is -2.44. The topological polar surface area (TPSA) is 127 Å². The summed E-state index contributed by atoms with van der Waals surface area (Å²) in [7, 11) is 0. The van der Waals surface area contributed by atoms with Gasteiger partial charge in [-0.3, -0.25) is 4.79 Å². The molecule has 152 valence electrons. The monoisotopic (exact) mass is 364 g/mol. The lowest BCUT2D eigenvalue weighted by atomic mass is 10.1. The number of quaternary nitrogens is 1. The molecule has 0 rings (SSSR count). The molecule has 0 heterocycles. The van der Waals surface area contributed by atoms with E-state index >= 15 is 0 Å². The fourth-order valence-electron chi connectivity index (χ4n) is 2.38. The minimum absolute atomic E-state index is 0.344. The van der Waals surface area contributed by atoms with Gasteiger partial charge in [0.15, 0.2) is 6.54 Å². The third kappa shape index (κ3) is 28.4. The second kappa shape index (κ2) is 18.1. The van der Waals surface area contributed by atoms with Crippen LogP contribution in [0.25, 0.3) is 0 Å². The summed E-state index contributed by atoms with van der Waals surface area (Å²) in [6.07, 6.45) is 14.9. The first-order valence-electron chi connectivity index (χ1n) is 9.74. The molecule has 0 saturated carbocycles. The van der Waals surface area contributed by atoms with E-state index in [2.05, 4.69) is 6.92 Å². The molecule has 0 fully saturated rings. The fraction of sp³-hybridized carbons (Fsp3) is 0.944. The van der Waals surface area contributed by atoms with Crippen LogP contribution in [0, 0.1) is 5.21 Å². The van der Waals surface area contributed by atoms with Crippen LogP contribution in [-0.2, 0) is 4.79 Å². The van der Waals surface area contributed by atoms with Crippen molar-refractivity contribution in [1.29, 1.82) is 0 Å². The van der Waals surface area contributed by atoms with Crippen molar-refractivity contribution in [2.24, 2.45) is 5.73 Å². The summed E-state index contributed by atoms with van der Waals surface area (Å²) >= 11 is 0. The quantitative estimate of drug-likeness (QED) is 0.191. The fourth-order valence-corrected chi connectivity index (χ4v) is 2.38. The molecule has 0 amide bonds. The number of hydrogen-bond donors (Lipinski definition) is 4. The van der Waals surface area contributed by atoms with Crippen LogP contribution < -0.4 is 5.73 Å². The second-order valence-corrected chi connectivity index (χ2v) is 6.69. The van der Waals surface area contributed by atoms with Crippen LogP contribution in [0.2, 0.25) is 0 Å². The van der Waals surface area contributed by atoms with Gasteiger partial charge in [0.1, 0.15) is 0 Å². The van der Waals surface area contributed by atoms with Gasteiger partial charge in [-0.15, -0.1) is 0 Å². The van der Waals surface area contributed by atoms with Crippen LogP contribution in [0.4, 0.5) is 0 Å². The standard InChI is InChI=1S/C14H28O2.C4H12N2O3/c1-2-3-4-5-6-7-8-9-10-11-12-13-14(15)16;1-2-4(5)3-6(7,8)9/h2-13H2,1H3,(H,15,16);4,7-8H,2-3,5H2,1H3. The van der Waals surface area contributed by atoms with Gasteiger partial charge in [-0.2, -0.15) is 10.4 Å². The maximum absolute atomic E-state index is 10.3. The number of nitrogens with zero attached hydrogens (tertiary/aromatic N) is 1. The van der Waals surface area contributed by atoms with Gasteiger partial charge in [-0.05, 0) is 12.8 Å². The molecule has 0 saturated heterocycles. The van der Waals surface area contributed by atoms with E-state index in [0.29, 0.717) is 12.8 Å². The molecule has 0 spiro atoms. The van der Waals surface area contributed by atoms with Gasteiger partial charge in [-0.25, -0.2) is 0 Å². The van der Waals surface area contributed by atoms with E-state index in [4.69, 9.17) is 21.3 Å². The number of carboxylic acid groups (broad SMARTS) is 1. The maximum Gasteiger partial charge on any atom is 0.303 e. The van der Waals surface area contributed by atoms with Crippen molar-refractivity contribution in [1.82, 2.24) is 0 Å². The normalized spacial score (nSPS) is 12.4. The highest BCUT2D eigenvalue weighted by molar-refractivity contribution is 5.66. The van der Waals surface area contributed by atoms with Gasteiger partial charge < -0.3 is 16.0 Å². The molecule has 1 atom stereocenters. The Hall–Kier alpha value is -0.730.